The lowest BCUT2D eigenvalue weighted by Gasteiger charge is -2.03. The van der Waals surface area contributed by atoms with Gasteiger partial charge >= 0.3 is 11.9 Å². The van der Waals surface area contributed by atoms with Crippen molar-refractivity contribution in [1.29, 1.82) is 0 Å². The number of rotatable bonds is 6. The van der Waals surface area contributed by atoms with Crippen LogP contribution in [0.15, 0.2) is 0 Å². The molecule has 4 heteroatoms. The number of hydrogen-bond acceptors (Lipinski definition) is 4. The molecule has 0 heterocycles. The molecule has 13 heavy (non-hydrogen) atoms. The summed E-state index contributed by atoms with van der Waals surface area (Å²) < 4.78 is 38.0. The SMILES string of the molecule is [2H]C([2H])(C)CC([2H])([2H])C(=O)OCC(=O)OCC. The predicted molar refractivity (Wildman–Crippen MR) is 47.1 cm³/mol. The number of hydrogen-bond donors (Lipinski definition) is 0. The van der Waals surface area contributed by atoms with Crippen molar-refractivity contribution in [3.8, 4) is 0 Å². The van der Waals surface area contributed by atoms with E-state index in [9.17, 15) is 9.59 Å². The van der Waals surface area contributed by atoms with Crippen molar-refractivity contribution in [2.24, 2.45) is 0 Å². The van der Waals surface area contributed by atoms with Crippen molar-refractivity contribution in [2.45, 2.75) is 33.0 Å². The molecular weight excluding hydrogens is 172 g/mol. The van der Waals surface area contributed by atoms with Gasteiger partial charge in [-0.1, -0.05) is 13.3 Å². The Labute approximate surface area is 83.8 Å². The summed E-state index contributed by atoms with van der Waals surface area (Å²) in [5.41, 5.74) is 0. The summed E-state index contributed by atoms with van der Waals surface area (Å²) in [7, 11) is 0. The lowest BCUT2D eigenvalue weighted by molar-refractivity contribution is -0.158. The molecule has 0 aromatic heterocycles. The van der Waals surface area contributed by atoms with Crippen molar-refractivity contribution >= 4 is 11.9 Å². The van der Waals surface area contributed by atoms with Crippen LogP contribution in [-0.2, 0) is 19.1 Å². The maximum absolute atomic E-state index is 11.3. The summed E-state index contributed by atoms with van der Waals surface area (Å²) in [6.45, 7) is 2.22. The van der Waals surface area contributed by atoms with Crippen LogP contribution in [0.25, 0.3) is 0 Å². The summed E-state index contributed by atoms with van der Waals surface area (Å²) in [6, 6.07) is 0. The van der Waals surface area contributed by atoms with Gasteiger partial charge in [-0.3, -0.25) is 4.79 Å². The van der Waals surface area contributed by atoms with E-state index in [1.165, 1.54) is 0 Å². The van der Waals surface area contributed by atoms with Crippen molar-refractivity contribution in [3.05, 3.63) is 0 Å². The molecule has 0 aliphatic heterocycles. The maximum Gasteiger partial charge on any atom is 0.344 e. The Hall–Kier alpha value is -1.06. The molecule has 0 rings (SSSR count). The second kappa shape index (κ2) is 7.58. The van der Waals surface area contributed by atoms with Gasteiger partial charge in [0, 0.05) is 11.9 Å². The van der Waals surface area contributed by atoms with Gasteiger partial charge in [0.05, 0.1) is 6.61 Å². The molecule has 0 saturated carbocycles. The molecule has 0 atom stereocenters. The van der Waals surface area contributed by atoms with Gasteiger partial charge < -0.3 is 9.47 Å². The second-order valence-electron chi connectivity index (χ2n) is 2.09. The third kappa shape index (κ3) is 7.31. The van der Waals surface area contributed by atoms with E-state index in [0.29, 0.717) is 0 Å². The molecule has 0 N–H and O–H groups in total. The Morgan fingerprint density at radius 2 is 1.92 bits per heavy atom. The van der Waals surface area contributed by atoms with Crippen LogP contribution in [0.4, 0.5) is 0 Å². The van der Waals surface area contributed by atoms with Crippen LogP contribution in [0.3, 0.4) is 0 Å². The van der Waals surface area contributed by atoms with Gasteiger partial charge in [0.15, 0.2) is 6.61 Å². The highest BCUT2D eigenvalue weighted by Crippen LogP contribution is 1.96. The van der Waals surface area contributed by atoms with Crippen molar-refractivity contribution < 1.29 is 24.5 Å². The van der Waals surface area contributed by atoms with Crippen LogP contribution in [-0.4, -0.2) is 25.2 Å². The zero-order valence-corrected chi connectivity index (χ0v) is 7.75. The van der Waals surface area contributed by atoms with Crippen molar-refractivity contribution in [3.63, 3.8) is 0 Å². The molecule has 0 spiro atoms. The smallest absolute Gasteiger partial charge is 0.344 e. The molecule has 0 bridgehead atoms. The molecule has 0 amide bonds. The Balaban J connectivity index is 4.26. The van der Waals surface area contributed by atoms with E-state index in [2.05, 4.69) is 9.47 Å². The van der Waals surface area contributed by atoms with Crippen LogP contribution in [0.2, 0.25) is 0 Å². The van der Waals surface area contributed by atoms with Crippen LogP contribution < -0.4 is 0 Å². The van der Waals surface area contributed by atoms with Crippen molar-refractivity contribution in [1.82, 2.24) is 0 Å². The summed E-state index contributed by atoms with van der Waals surface area (Å²) in [5.74, 6) is -2.03. The standard InChI is InChI=1S/C9H16O4/c1-3-5-6-8(10)13-7-9(11)12-4-2/h3-7H2,1-2H3/i3D2,6D2. The van der Waals surface area contributed by atoms with Gasteiger partial charge in [-0.25, -0.2) is 4.79 Å². The molecule has 0 aliphatic rings. The first-order valence-corrected chi connectivity index (χ1v) is 3.91. The summed E-state index contributed by atoms with van der Waals surface area (Å²) in [5, 5.41) is 0. The maximum atomic E-state index is 11.3. The van der Waals surface area contributed by atoms with E-state index < -0.39 is 37.7 Å². The summed E-state index contributed by atoms with van der Waals surface area (Å²) >= 11 is 0. The first-order chi connectivity index (χ1) is 7.58. The van der Waals surface area contributed by atoms with Crippen LogP contribution in [0, 0.1) is 0 Å². The Morgan fingerprint density at radius 1 is 1.23 bits per heavy atom. The first kappa shape index (κ1) is 6.40. The van der Waals surface area contributed by atoms with Crippen LogP contribution in [0.1, 0.15) is 38.5 Å². The van der Waals surface area contributed by atoms with Crippen LogP contribution >= 0.6 is 0 Å². The fraction of sp³-hybridized carbons (Fsp3) is 0.778. The van der Waals surface area contributed by atoms with E-state index >= 15 is 0 Å². The highest BCUT2D eigenvalue weighted by atomic mass is 16.6. The third-order valence-electron chi connectivity index (χ3n) is 1.04. The van der Waals surface area contributed by atoms with Gasteiger partial charge in [-0.15, -0.1) is 0 Å². The van der Waals surface area contributed by atoms with E-state index in [-0.39, 0.29) is 6.61 Å². The zero-order chi connectivity index (χ0) is 13.7. The fourth-order valence-electron chi connectivity index (χ4n) is 0.539. The van der Waals surface area contributed by atoms with E-state index in [4.69, 9.17) is 5.48 Å². The van der Waals surface area contributed by atoms with Crippen LogP contribution in [0.5, 0.6) is 0 Å². The molecule has 0 fully saturated rings. The van der Waals surface area contributed by atoms with Gasteiger partial charge in [-0.05, 0) is 13.3 Å². The first-order valence-electron chi connectivity index (χ1n) is 5.91. The van der Waals surface area contributed by atoms with E-state index in [1.54, 1.807) is 6.92 Å². The Kier molecular flexibility index (Phi) is 3.73. The highest BCUT2D eigenvalue weighted by Gasteiger charge is 2.06. The molecule has 0 aromatic rings. The summed E-state index contributed by atoms with van der Waals surface area (Å²) in [4.78, 5) is 22.1. The predicted octanol–water partition coefficient (Wildman–Crippen LogP) is 1.28. The molecule has 0 radical (unpaired) electrons. The average Bonchev–Trinajstić information content (AvgIpc) is 2.10. The molecule has 4 nitrogen and oxygen atoms in total. The lowest BCUT2D eigenvalue weighted by atomic mass is 10.2. The largest absolute Gasteiger partial charge is 0.463 e. The van der Waals surface area contributed by atoms with E-state index in [0.717, 1.165) is 6.92 Å². The zero-order valence-electron chi connectivity index (χ0n) is 11.8. The minimum absolute atomic E-state index is 0.140. The number of esters is 2. The highest BCUT2D eigenvalue weighted by molar-refractivity contribution is 5.76. The topological polar surface area (TPSA) is 52.6 Å². The van der Waals surface area contributed by atoms with Gasteiger partial charge in [0.2, 0.25) is 0 Å². The van der Waals surface area contributed by atoms with Gasteiger partial charge in [-0.2, -0.15) is 0 Å². The second-order valence-corrected chi connectivity index (χ2v) is 2.09. The van der Waals surface area contributed by atoms with Gasteiger partial charge in [0.25, 0.3) is 0 Å². The minimum Gasteiger partial charge on any atom is -0.463 e. The monoisotopic (exact) mass is 192 g/mol. The third-order valence-corrected chi connectivity index (χ3v) is 1.04. The minimum atomic E-state index is -2.47. The Bertz CT molecular complexity index is 285. The number of carbonyl (C=O) groups is 2. The molecule has 0 saturated heterocycles. The average molecular weight is 192 g/mol. The molecule has 76 valence electrons. The molecule has 0 aliphatic carbocycles. The quantitative estimate of drug-likeness (QED) is 0.595. The van der Waals surface area contributed by atoms with Crippen molar-refractivity contribution in [2.75, 3.05) is 13.2 Å². The van der Waals surface area contributed by atoms with E-state index in [1.807, 2.05) is 0 Å². The van der Waals surface area contributed by atoms with Gasteiger partial charge in [0.1, 0.15) is 0 Å². The lowest BCUT2D eigenvalue weighted by Crippen LogP contribution is -2.16. The number of ether oxygens (including phenoxy) is 2. The normalized spacial score (nSPS) is 16.2. The number of carbonyl (C=O) groups excluding carboxylic acids is 2. The summed E-state index contributed by atoms with van der Waals surface area (Å²) in [6.07, 6.45) is -4.95. The molecule has 0 unspecified atom stereocenters. The molecular formula is C9H16O4. The fourth-order valence-corrected chi connectivity index (χ4v) is 0.539. The Morgan fingerprint density at radius 3 is 2.46 bits per heavy atom. The molecule has 0 aromatic carbocycles.